The molecule has 2 nitrogen and oxygen atoms in total. The van der Waals surface area contributed by atoms with E-state index in [1.165, 1.54) is 16.2 Å². The fourth-order valence-electron chi connectivity index (χ4n) is 1.89. The molecule has 0 atom stereocenters. The number of hydrogen-bond acceptors (Lipinski definition) is 3. The first-order valence-electron chi connectivity index (χ1n) is 6.02. The molecular weight excluding hydrogens is 256 g/mol. The molecule has 0 saturated carbocycles. The summed E-state index contributed by atoms with van der Waals surface area (Å²) in [7, 11) is 0. The second kappa shape index (κ2) is 5.24. The minimum absolute atomic E-state index is 0.0916. The van der Waals surface area contributed by atoms with Crippen LogP contribution in [0.5, 0.6) is 5.75 Å². The van der Waals surface area contributed by atoms with Crippen LogP contribution in [0, 0.1) is 0 Å². The summed E-state index contributed by atoms with van der Waals surface area (Å²) in [6, 6.07) is 18.9. The van der Waals surface area contributed by atoms with Gasteiger partial charge in [-0.25, -0.2) is 0 Å². The van der Waals surface area contributed by atoms with Crippen LogP contribution in [0.25, 0.3) is 10.1 Å². The molecule has 94 valence electrons. The van der Waals surface area contributed by atoms with E-state index in [1.54, 1.807) is 23.5 Å². The average Bonchev–Trinajstić information content (AvgIpc) is 2.73. The molecule has 2 aromatic carbocycles. The van der Waals surface area contributed by atoms with Crippen LogP contribution in [0.3, 0.4) is 0 Å². The number of ether oxygens (including phenoxy) is 1. The van der Waals surface area contributed by atoms with Crippen LogP contribution in [0.1, 0.15) is 4.88 Å². The molecule has 0 saturated heterocycles. The molecule has 0 N–H and O–H groups in total. The molecular formula is C16H12O2S. The first kappa shape index (κ1) is 11.9. The molecule has 0 spiro atoms. The predicted molar refractivity (Wildman–Crippen MR) is 78.9 cm³/mol. The molecule has 19 heavy (non-hydrogen) atoms. The predicted octanol–water partition coefficient (Wildman–Crippen LogP) is 3.84. The van der Waals surface area contributed by atoms with Gasteiger partial charge in [0.2, 0.25) is 5.43 Å². The summed E-state index contributed by atoms with van der Waals surface area (Å²) >= 11 is 1.69. The Morgan fingerprint density at radius 1 is 0.947 bits per heavy atom. The summed E-state index contributed by atoms with van der Waals surface area (Å²) in [6.07, 6.45) is 0. The molecule has 0 aliphatic carbocycles. The normalized spacial score (nSPS) is 10.5. The van der Waals surface area contributed by atoms with E-state index < -0.39 is 0 Å². The van der Waals surface area contributed by atoms with Crippen molar-refractivity contribution >= 4 is 21.4 Å². The number of benzene rings is 1. The number of hydrogen-bond donors (Lipinski definition) is 0. The second-order valence-corrected chi connectivity index (χ2v) is 5.35. The smallest absolute Gasteiger partial charge is 0.220 e. The van der Waals surface area contributed by atoms with Crippen LogP contribution in [-0.2, 0) is 6.61 Å². The maximum absolute atomic E-state index is 11.7. The third kappa shape index (κ3) is 2.66. The highest BCUT2D eigenvalue weighted by molar-refractivity contribution is 7.19. The molecule has 1 heterocycles. The van der Waals surface area contributed by atoms with E-state index >= 15 is 0 Å². The summed E-state index contributed by atoms with van der Waals surface area (Å²) < 4.78 is 6.85. The van der Waals surface area contributed by atoms with Crippen LogP contribution < -0.4 is 10.2 Å². The molecule has 0 unspecified atom stereocenters. The molecule has 0 bridgehead atoms. The molecule has 0 aliphatic heterocycles. The Kier molecular flexibility index (Phi) is 3.29. The second-order valence-electron chi connectivity index (χ2n) is 4.18. The Morgan fingerprint density at radius 3 is 2.63 bits per heavy atom. The summed E-state index contributed by atoms with van der Waals surface area (Å²) in [5.74, 6) is 0.391. The van der Waals surface area contributed by atoms with Gasteiger partial charge in [-0.15, -0.1) is 11.3 Å². The molecule has 3 aromatic rings. The third-order valence-corrected chi connectivity index (χ3v) is 3.90. The lowest BCUT2D eigenvalue weighted by atomic mass is 10.2. The zero-order chi connectivity index (χ0) is 13.1. The van der Waals surface area contributed by atoms with E-state index in [0.29, 0.717) is 12.4 Å². The Bertz CT molecular complexity index is 729. The van der Waals surface area contributed by atoms with E-state index in [1.807, 2.05) is 24.3 Å². The first-order chi connectivity index (χ1) is 9.33. The highest BCUT2D eigenvalue weighted by Crippen LogP contribution is 2.25. The Hall–Kier alpha value is -2.13. The van der Waals surface area contributed by atoms with Crippen LogP contribution in [-0.4, -0.2) is 0 Å². The number of fused-ring (bicyclic) bond motifs is 1. The lowest BCUT2D eigenvalue weighted by molar-refractivity contribution is 0.307. The van der Waals surface area contributed by atoms with Gasteiger partial charge in [-0.3, -0.25) is 4.79 Å². The van der Waals surface area contributed by atoms with E-state index in [4.69, 9.17) is 4.74 Å². The van der Waals surface area contributed by atoms with Crippen molar-refractivity contribution in [2.24, 2.45) is 0 Å². The minimum Gasteiger partial charge on any atom is -0.484 e. The highest BCUT2D eigenvalue weighted by Gasteiger charge is 2.03. The van der Waals surface area contributed by atoms with Crippen LogP contribution in [0.2, 0.25) is 0 Å². The van der Waals surface area contributed by atoms with Crippen LogP contribution in [0.4, 0.5) is 0 Å². The molecule has 0 amide bonds. The van der Waals surface area contributed by atoms with Gasteiger partial charge in [-0.1, -0.05) is 36.4 Å². The van der Waals surface area contributed by atoms with Crippen LogP contribution in [0.15, 0.2) is 65.5 Å². The van der Waals surface area contributed by atoms with E-state index in [2.05, 4.69) is 18.2 Å². The fourth-order valence-corrected chi connectivity index (χ4v) is 2.87. The number of rotatable bonds is 3. The average molecular weight is 268 g/mol. The van der Waals surface area contributed by atoms with Gasteiger partial charge in [-0.05, 0) is 29.7 Å². The van der Waals surface area contributed by atoms with Crippen molar-refractivity contribution in [1.29, 1.82) is 0 Å². The van der Waals surface area contributed by atoms with Crippen molar-refractivity contribution in [3.63, 3.8) is 0 Å². The lowest BCUT2D eigenvalue weighted by Crippen LogP contribution is -2.03. The highest BCUT2D eigenvalue weighted by atomic mass is 32.1. The Labute approximate surface area is 114 Å². The fraction of sp³-hybridized carbons (Fsp3) is 0.0625. The maximum atomic E-state index is 11.7. The topological polar surface area (TPSA) is 26.3 Å². The summed E-state index contributed by atoms with van der Waals surface area (Å²) in [6.45, 7) is 0.429. The van der Waals surface area contributed by atoms with Crippen molar-refractivity contribution in [3.05, 3.63) is 75.8 Å². The van der Waals surface area contributed by atoms with Gasteiger partial charge >= 0.3 is 0 Å². The van der Waals surface area contributed by atoms with Crippen LogP contribution >= 0.6 is 11.3 Å². The molecule has 0 fully saturated rings. The van der Waals surface area contributed by atoms with Gasteiger partial charge in [-0.2, -0.15) is 0 Å². The van der Waals surface area contributed by atoms with Gasteiger partial charge in [0.05, 0.1) is 0 Å². The van der Waals surface area contributed by atoms with E-state index in [-0.39, 0.29) is 5.43 Å². The van der Waals surface area contributed by atoms with Gasteiger partial charge in [0, 0.05) is 9.58 Å². The Morgan fingerprint density at radius 2 is 1.74 bits per heavy atom. The van der Waals surface area contributed by atoms with Crippen molar-refractivity contribution in [2.75, 3.05) is 0 Å². The monoisotopic (exact) mass is 268 g/mol. The standard InChI is InChI=1S/C16H12O2S/c17-14-7-2-1-3-8-15(14)18-11-13-10-12-6-4-5-9-16(12)19-13/h1-10H,11H2. The molecule has 3 rings (SSSR count). The van der Waals surface area contributed by atoms with Gasteiger partial charge < -0.3 is 4.74 Å². The quantitative estimate of drug-likeness (QED) is 0.721. The van der Waals surface area contributed by atoms with Gasteiger partial charge in [0.15, 0.2) is 5.75 Å². The number of thiophene rings is 1. The van der Waals surface area contributed by atoms with Crippen molar-refractivity contribution in [3.8, 4) is 5.75 Å². The molecule has 0 radical (unpaired) electrons. The van der Waals surface area contributed by atoms with Gasteiger partial charge in [0.25, 0.3) is 0 Å². The zero-order valence-corrected chi connectivity index (χ0v) is 11.0. The minimum atomic E-state index is -0.0916. The Balaban J connectivity index is 1.83. The summed E-state index contributed by atoms with van der Waals surface area (Å²) in [4.78, 5) is 12.8. The van der Waals surface area contributed by atoms with Crippen molar-refractivity contribution in [2.45, 2.75) is 6.61 Å². The SMILES string of the molecule is O=c1cccccc1OCc1cc2ccccc2s1. The third-order valence-electron chi connectivity index (χ3n) is 2.81. The lowest BCUT2D eigenvalue weighted by Gasteiger charge is -2.00. The first-order valence-corrected chi connectivity index (χ1v) is 6.84. The zero-order valence-electron chi connectivity index (χ0n) is 10.2. The summed E-state index contributed by atoms with van der Waals surface area (Å²) in [5.41, 5.74) is -0.0916. The van der Waals surface area contributed by atoms with E-state index in [0.717, 1.165) is 4.88 Å². The molecule has 3 heteroatoms. The maximum Gasteiger partial charge on any atom is 0.220 e. The van der Waals surface area contributed by atoms with Gasteiger partial charge in [0.1, 0.15) is 6.61 Å². The largest absolute Gasteiger partial charge is 0.484 e. The van der Waals surface area contributed by atoms with Crippen molar-refractivity contribution < 1.29 is 4.74 Å². The van der Waals surface area contributed by atoms with E-state index in [9.17, 15) is 4.79 Å². The molecule has 0 aliphatic rings. The van der Waals surface area contributed by atoms with Crippen molar-refractivity contribution in [1.82, 2.24) is 0 Å². The summed E-state index contributed by atoms with van der Waals surface area (Å²) in [5, 5.41) is 1.21. The molecule has 1 aromatic heterocycles.